The molecule has 0 aromatic heterocycles. The molecule has 100 valence electrons. The van der Waals surface area contributed by atoms with Crippen molar-refractivity contribution in [3.63, 3.8) is 0 Å². The fourth-order valence-corrected chi connectivity index (χ4v) is 1.41. The molecule has 5 heteroatoms. The third kappa shape index (κ3) is 4.25. The highest BCUT2D eigenvalue weighted by Crippen LogP contribution is 2.28. The van der Waals surface area contributed by atoms with Crippen LogP contribution in [0.4, 0.5) is 0 Å². The molecule has 0 fully saturated rings. The highest BCUT2D eigenvalue weighted by molar-refractivity contribution is 5.71. The van der Waals surface area contributed by atoms with Crippen LogP contribution in [0.3, 0.4) is 0 Å². The van der Waals surface area contributed by atoms with Gasteiger partial charge in [0, 0.05) is 6.54 Å². The summed E-state index contributed by atoms with van der Waals surface area (Å²) in [4.78, 5) is 11.0. The number of esters is 1. The Balaban J connectivity index is 2.74. The van der Waals surface area contributed by atoms with Gasteiger partial charge in [-0.15, -0.1) is 0 Å². The van der Waals surface area contributed by atoms with Crippen molar-refractivity contribution < 1.29 is 19.0 Å². The van der Waals surface area contributed by atoms with Gasteiger partial charge in [-0.2, -0.15) is 0 Å². The van der Waals surface area contributed by atoms with Gasteiger partial charge < -0.3 is 19.5 Å². The number of rotatable bonds is 7. The molecule has 0 unspecified atom stereocenters. The molecular weight excluding hydrogens is 234 g/mol. The van der Waals surface area contributed by atoms with E-state index in [0.29, 0.717) is 11.5 Å². The Bertz CT molecular complexity index is 393. The second-order valence-corrected chi connectivity index (χ2v) is 3.63. The summed E-state index contributed by atoms with van der Waals surface area (Å²) >= 11 is 0. The number of carbonyl (C=O) groups is 1. The maximum Gasteiger partial charge on any atom is 0.343 e. The van der Waals surface area contributed by atoms with Gasteiger partial charge in [-0.25, -0.2) is 4.79 Å². The number of hydrogen-bond donors (Lipinski definition) is 1. The van der Waals surface area contributed by atoms with Crippen LogP contribution in [-0.2, 0) is 16.1 Å². The average Bonchev–Trinajstić information content (AvgIpc) is 2.42. The second-order valence-electron chi connectivity index (χ2n) is 3.63. The Kier molecular flexibility index (Phi) is 6.00. The summed E-state index contributed by atoms with van der Waals surface area (Å²) in [6.45, 7) is 3.55. The highest BCUT2D eigenvalue weighted by Gasteiger charge is 2.08. The van der Waals surface area contributed by atoms with Crippen LogP contribution in [-0.4, -0.2) is 33.3 Å². The van der Waals surface area contributed by atoms with Crippen molar-refractivity contribution in [3.05, 3.63) is 23.8 Å². The van der Waals surface area contributed by atoms with E-state index in [1.807, 2.05) is 25.1 Å². The van der Waals surface area contributed by atoms with E-state index >= 15 is 0 Å². The summed E-state index contributed by atoms with van der Waals surface area (Å²) in [7, 11) is 2.88. The minimum absolute atomic E-state index is 0.127. The van der Waals surface area contributed by atoms with E-state index in [9.17, 15) is 4.79 Å². The Morgan fingerprint density at radius 1 is 1.28 bits per heavy atom. The molecule has 0 aliphatic heterocycles. The molecule has 1 rings (SSSR count). The molecule has 1 aromatic rings. The summed E-state index contributed by atoms with van der Waals surface area (Å²) < 4.78 is 15.1. The van der Waals surface area contributed by atoms with E-state index in [2.05, 4.69) is 10.1 Å². The first kappa shape index (κ1) is 14.3. The SMILES string of the molecule is CCNCc1ccc(OC)c(OCC(=O)OC)c1. The first-order chi connectivity index (χ1) is 8.71. The van der Waals surface area contributed by atoms with Crippen LogP contribution in [0.25, 0.3) is 0 Å². The summed E-state index contributed by atoms with van der Waals surface area (Å²) in [5.74, 6) is 0.714. The van der Waals surface area contributed by atoms with Crippen molar-refractivity contribution in [2.24, 2.45) is 0 Å². The molecule has 1 N–H and O–H groups in total. The molecule has 0 bridgehead atoms. The maximum atomic E-state index is 11.0. The quantitative estimate of drug-likeness (QED) is 0.743. The predicted octanol–water partition coefficient (Wildman–Crippen LogP) is 1.36. The molecule has 5 nitrogen and oxygen atoms in total. The Morgan fingerprint density at radius 3 is 2.67 bits per heavy atom. The largest absolute Gasteiger partial charge is 0.493 e. The molecule has 0 saturated carbocycles. The van der Waals surface area contributed by atoms with E-state index in [1.54, 1.807) is 7.11 Å². The number of nitrogens with one attached hydrogen (secondary N) is 1. The normalized spacial score (nSPS) is 9.94. The third-order valence-corrected chi connectivity index (χ3v) is 2.38. The van der Waals surface area contributed by atoms with Gasteiger partial charge in [0.1, 0.15) is 0 Å². The van der Waals surface area contributed by atoms with E-state index in [0.717, 1.165) is 18.7 Å². The topological polar surface area (TPSA) is 56.8 Å². The Labute approximate surface area is 107 Å². The molecule has 1 aromatic carbocycles. The fourth-order valence-electron chi connectivity index (χ4n) is 1.41. The lowest BCUT2D eigenvalue weighted by Gasteiger charge is -2.11. The van der Waals surface area contributed by atoms with Crippen molar-refractivity contribution in [2.75, 3.05) is 27.4 Å². The summed E-state index contributed by atoms with van der Waals surface area (Å²) in [6.07, 6.45) is 0. The third-order valence-electron chi connectivity index (χ3n) is 2.38. The molecule has 18 heavy (non-hydrogen) atoms. The average molecular weight is 253 g/mol. The van der Waals surface area contributed by atoms with Crippen LogP contribution in [0.15, 0.2) is 18.2 Å². The Hall–Kier alpha value is -1.75. The van der Waals surface area contributed by atoms with E-state index in [-0.39, 0.29) is 6.61 Å². The summed E-state index contributed by atoms with van der Waals surface area (Å²) in [5, 5.41) is 3.22. The standard InChI is InChI=1S/C13H19NO4/c1-4-14-8-10-5-6-11(16-2)12(7-10)18-9-13(15)17-3/h5-7,14H,4,8-9H2,1-3H3. The van der Waals surface area contributed by atoms with Crippen LogP contribution < -0.4 is 14.8 Å². The molecule has 0 atom stereocenters. The highest BCUT2D eigenvalue weighted by atomic mass is 16.6. The zero-order valence-corrected chi connectivity index (χ0v) is 11.0. The smallest absolute Gasteiger partial charge is 0.343 e. The number of benzene rings is 1. The first-order valence-electron chi connectivity index (χ1n) is 5.78. The summed E-state index contributed by atoms with van der Waals surface area (Å²) in [6, 6.07) is 5.62. The molecule has 0 aliphatic carbocycles. The van der Waals surface area contributed by atoms with Gasteiger partial charge in [0.05, 0.1) is 14.2 Å². The maximum absolute atomic E-state index is 11.0. The van der Waals surface area contributed by atoms with Crippen molar-refractivity contribution in [3.8, 4) is 11.5 Å². The van der Waals surface area contributed by atoms with Gasteiger partial charge >= 0.3 is 5.97 Å². The van der Waals surface area contributed by atoms with Crippen molar-refractivity contribution in [1.29, 1.82) is 0 Å². The molecular formula is C13H19NO4. The van der Waals surface area contributed by atoms with Crippen LogP contribution >= 0.6 is 0 Å². The number of hydrogen-bond acceptors (Lipinski definition) is 5. The molecule has 0 saturated heterocycles. The molecule has 0 amide bonds. The van der Waals surface area contributed by atoms with E-state index < -0.39 is 5.97 Å². The lowest BCUT2D eigenvalue weighted by atomic mass is 10.2. The molecule has 0 heterocycles. The van der Waals surface area contributed by atoms with Crippen LogP contribution in [0, 0.1) is 0 Å². The lowest BCUT2D eigenvalue weighted by Crippen LogP contribution is -2.14. The summed E-state index contributed by atoms with van der Waals surface area (Å²) in [5.41, 5.74) is 1.07. The number of carbonyl (C=O) groups excluding carboxylic acids is 1. The first-order valence-corrected chi connectivity index (χ1v) is 5.78. The minimum Gasteiger partial charge on any atom is -0.493 e. The minimum atomic E-state index is -0.422. The van der Waals surface area contributed by atoms with Crippen molar-refractivity contribution >= 4 is 5.97 Å². The predicted molar refractivity (Wildman–Crippen MR) is 67.9 cm³/mol. The van der Waals surface area contributed by atoms with Crippen molar-refractivity contribution in [2.45, 2.75) is 13.5 Å². The van der Waals surface area contributed by atoms with Crippen molar-refractivity contribution in [1.82, 2.24) is 5.32 Å². The van der Waals surface area contributed by atoms with Gasteiger partial charge in [-0.3, -0.25) is 0 Å². The monoisotopic (exact) mass is 253 g/mol. The second kappa shape index (κ2) is 7.55. The van der Waals surface area contributed by atoms with Gasteiger partial charge in [0.15, 0.2) is 18.1 Å². The number of ether oxygens (including phenoxy) is 3. The van der Waals surface area contributed by atoms with Crippen LogP contribution in [0.1, 0.15) is 12.5 Å². The lowest BCUT2D eigenvalue weighted by molar-refractivity contribution is -0.142. The van der Waals surface area contributed by atoms with Crippen LogP contribution in [0.5, 0.6) is 11.5 Å². The van der Waals surface area contributed by atoms with E-state index in [1.165, 1.54) is 7.11 Å². The van der Waals surface area contributed by atoms with Gasteiger partial charge in [0.25, 0.3) is 0 Å². The molecule has 0 spiro atoms. The van der Waals surface area contributed by atoms with E-state index in [4.69, 9.17) is 9.47 Å². The van der Waals surface area contributed by atoms with Crippen LogP contribution in [0.2, 0.25) is 0 Å². The molecule has 0 radical (unpaired) electrons. The molecule has 0 aliphatic rings. The zero-order valence-electron chi connectivity index (χ0n) is 11.0. The van der Waals surface area contributed by atoms with Gasteiger partial charge in [0.2, 0.25) is 0 Å². The Morgan fingerprint density at radius 2 is 2.06 bits per heavy atom. The number of methoxy groups -OCH3 is 2. The fraction of sp³-hybridized carbons (Fsp3) is 0.462. The van der Waals surface area contributed by atoms with Gasteiger partial charge in [-0.1, -0.05) is 13.0 Å². The van der Waals surface area contributed by atoms with Gasteiger partial charge in [-0.05, 0) is 24.2 Å². The zero-order chi connectivity index (χ0) is 13.4.